The molecule has 0 radical (unpaired) electrons. The first kappa shape index (κ1) is 14.6. The molecule has 1 saturated heterocycles. The molecule has 1 aliphatic heterocycles. The molecule has 8 heteroatoms. The van der Waals surface area contributed by atoms with Crippen LogP contribution in [0, 0.1) is 0 Å². The number of aliphatic carboxylic acids is 1. The Balaban J connectivity index is 2.85. The van der Waals surface area contributed by atoms with E-state index >= 15 is 0 Å². The summed E-state index contributed by atoms with van der Waals surface area (Å²) in [5, 5.41) is 8.72. The van der Waals surface area contributed by atoms with Crippen LogP contribution in [0.2, 0.25) is 0 Å². The van der Waals surface area contributed by atoms with E-state index in [1.54, 1.807) is 0 Å². The van der Waals surface area contributed by atoms with E-state index in [4.69, 9.17) is 9.84 Å². The standard InChI is InChI=1S/C10H14F3NO4/c1-9(2,3)18-8(17)14-5(7(15)16)4-6(14)10(11,12)13/h5-6H,4H2,1-3H3,(H,15,16)/t5-,6+/m0/s1. The number of rotatable bonds is 1. The van der Waals surface area contributed by atoms with Crippen molar-refractivity contribution in [1.29, 1.82) is 0 Å². The lowest BCUT2D eigenvalue weighted by molar-refractivity contribution is -0.221. The van der Waals surface area contributed by atoms with Gasteiger partial charge in [0.15, 0.2) is 0 Å². The highest BCUT2D eigenvalue weighted by Crippen LogP contribution is 2.39. The van der Waals surface area contributed by atoms with Crippen molar-refractivity contribution >= 4 is 12.1 Å². The normalized spacial score (nSPS) is 24.4. The third kappa shape index (κ3) is 3.05. The van der Waals surface area contributed by atoms with Crippen molar-refractivity contribution in [1.82, 2.24) is 4.90 Å². The third-order valence-corrected chi connectivity index (χ3v) is 2.39. The maximum atomic E-state index is 12.5. The van der Waals surface area contributed by atoms with Gasteiger partial charge in [-0.05, 0) is 20.8 Å². The number of carbonyl (C=O) groups excluding carboxylic acids is 1. The van der Waals surface area contributed by atoms with Gasteiger partial charge in [0.1, 0.15) is 17.7 Å². The Hall–Kier alpha value is -1.47. The van der Waals surface area contributed by atoms with Gasteiger partial charge in [0, 0.05) is 6.42 Å². The van der Waals surface area contributed by atoms with E-state index in [0.717, 1.165) is 0 Å². The van der Waals surface area contributed by atoms with E-state index in [9.17, 15) is 22.8 Å². The number of alkyl halides is 3. The Kier molecular flexibility index (Phi) is 3.51. The number of carboxylic acids is 1. The quantitative estimate of drug-likeness (QED) is 0.790. The van der Waals surface area contributed by atoms with E-state index in [1.165, 1.54) is 20.8 Å². The van der Waals surface area contributed by atoms with Crippen molar-refractivity contribution < 1.29 is 32.6 Å². The van der Waals surface area contributed by atoms with Crippen LogP contribution in [0.1, 0.15) is 27.2 Å². The van der Waals surface area contributed by atoms with Gasteiger partial charge in [-0.15, -0.1) is 0 Å². The molecule has 0 saturated carbocycles. The fraction of sp³-hybridized carbons (Fsp3) is 0.800. The largest absolute Gasteiger partial charge is 0.480 e. The molecular weight excluding hydrogens is 255 g/mol. The van der Waals surface area contributed by atoms with Gasteiger partial charge < -0.3 is 9.84 Å². The Labute approximate surface area is 102 Å². The topological polar surface area (TPSA) is 66.8 Å². The van der Waals surface area contributed by atoms with Crippen LogP contribution in [-0.2, 0) is 9.53 Å². The van der Waals surface area contributed by atoms with Crippen LogP contribution >= 0.6 is 0 Å². The molecule has 104 valence electrons. The molecule has 1 rings (SSSR count). The number of ether oxygens (including phenoxy) is 1. The van der Waals surface area contributed by atoms with Crippen molar-refractivity contribution in [3.05, 3.63) is 0 Å². The lowest BCUT2D eigenvalue weighted by atomic mass is 9.93. The Morgan fingerprint density at radius 1 is 1.28 bits per heavy atom. The molecule has 1 aliphatic rings. The lowest BCUT2D eigenvalue weighted by Gasteiger charge is -2.46. The molecule has 18 heavy (non-hydrogen) atoms. The predicted octanol–water partition coefficient (Wildman–Crippen LogP) is 2.01. The van der Waals surface area contributed by atoms with E-state index in [-0.39, 0.29) is 4.90 Å². The number of amides is 1. The van der Waals surface area contributed by atoms with Crippen LogP contribution in [-0.4, -0.2) is 45.9 Å². The first-order valence-corrected chi connectivity index (χ1v) is 5.24. The van der Waals surface area contributed by atoms with Crippen LogP contribution in [0.3, 0.4) is 0 Å². The SMILES string of the molecule is CC(C)(C)OC(=O)N1[C@H](C(=O)O)C[C@@H]1C(F)(F)F. The van der Waals surface area contributed by atoms with Gasteiger partial charge in [0.25, 0.3) is 0 Å². The summed E-state index contributed by atoms with van der Waals surface area (Å²) in [6.07, 6.45) is -6.55. The number of likely N-dealkylation sites (tertiary alicyclic amines) is 1. The second kappa shape index (κ2) is 4.33. The van der Waals surface area contributed by atoms with Crippen LogP contribution < -0.4 is 0 Å². The molecule has 5 nitrogen and oxygen atoms in total. The summed E-state index contributed by atoms with van der Waals surface area (Å²) in [6, 6.07) is -3.57. The fourth-order valence-electron chi connectivity index (χ4n) is 1.60. The van der Waals surface area contributed by atoms with E-state index in [2.05, 4.69) is 0 Å². The molecule has 1 N–H and O–H groups in total. The van der Waals surface area contributed by atoms with E-state index in [1.807, 2.05) is 0 Å². The van der Waals surface area contributed by atoms with E-state index < -0.39 is 42.3 Å². The van der Waals surface area contributed by atoms with Crippen LogP contribution in [0.4, 0.5) is 18.0 Å². The molecule has 1 fully saturated rings. The van der Waals surface area contributed by atoms with Gasteiger partial charge in [-0.2, -0.15) is 13.2 Å². The van der Waals surface area contributed by atoms with Crippen LogP contribution in [0.25, 0.3) is 0 Å². The second-order valence-electron chi connectivity index (χ2n) is 5.03. The highest BCUT2D eigenvalue weighted by molar-refractivity contribution is 5.82. The number of carbonyl (C=O) groups is 2. The number of carboxylic acid groups (broad SMARTS) is 1. The van der Waals surface area contributed by atoms with Gasteiger partial charge >= 0.3 is 18.2 Å². The second-order valence-corrected chi connectivity index (χ2v) is 5.03. The van der Waals surface area contributed by atoms with Gasteiger partial charge in [-0.3, -0.25) is 4.90 Å². The number of hydrogen-bond acceptors (Lipinski definition) is 3. The lowest BCUT2D eigenvalue weighted by Crippen LogP contribution is -2.67. The summed E-state index contributed by atoms with van der Waals surface area (Å²) in [7, 11) is 0. The van der Waals surface area contributed by atoms with Crippen molar-refractivity contribution in [2.45, 2.75) is 51.1 Å². The number of hydrogen-bond donors (Lipinski definition) is 1. The fourth-order valence-corrected chi connectivity index (χ4v) is 1.60. The molecule has 1 heterocycles. The summed E-state index contributed by atoms with van der Waals surface area (Å²) < 4.78 is 42.4. The Morgan fingerprint density at radius 2 is 1.78 bits per heavy atom. The maximum absolute atomic E-state index is 12.5. The summed E-state index contributed by atoms with van der Waals surface area (Å²) in [5.74, 6) is -1.47. The molecule has 0 aliphatic carbocycles. The molecular formula is C10H14F3NO4. The first-order chi connectivity index (χ1) is 7.93. The van der Waals surface area contributed by atoms with Crippen molar-refractivity contribution in [3.63, 3.8) is 0 Å². The molecule has 2 atom stereocenters. The number of halogens is 3. The predicted molar refractivity (Wildman–Crippen MR) is 54.0 cm³/mol. The minimum atomic E-state index is -4.65. The van der Waals surface area contributed by atoms with Gasteiger partial charge in [-0.25, -0.2) is 9.59 Å². The monoisotopic (exact) mass is 269 g/mol. The first-order valence-electron chi connectivity index (χ1n) is 5.24. The van der Waals surface area contributed by atoms with Gasteiger partial charge in [-0.1, -0.05) is 0 Å². The van der Waals surface area contributed by atoms with Gasteiger partial charge in [0.2, 0.25) is 0 Å². The van der Waals surface area contributed by atoms with Crippen molar-refractivity contribution in [2.75, 3.05) is 0 Å². The van der Waals surface area contributed by atoms with Gasteiger partial charge in [0.05, 0.1) is 0 Å². The third-order valence-electron chi connectivity index (χ3n) is 2.39. The van der Waals surface area contributed by atoms with Crippen molar-refractivity contribution in [3.8, 4) is 0 Å². The minimum Gasteiger partial charge on any atom is -0.480 e. The molecule has 0 aromatic carbocycles. The summed E-state index contributed by atoms with van der Waals surface area (Å²) in [5.41, 5.74) is -0.980. The molecule has 0 unspecified atom stereocenters. The van der Waals surface area contributed by atoms with Crippen LogP contribution in [0.15, 0.2) is 0 Å². The maximum Gasteiger partial charge on any atom is 0.411 e. The summed E-state index contributed by atoms with van der Waals surface area (Å²) in [4.78, 5) is 22.5. The van der Waals surface area contributed by atoms with Crippen molar-refractivity contribution in [2.24, 2.45) is 0 Å². The number of nitrogens with zero attached hydrogens (tertiary/aromatic N) is 1. The molecule has 0 aromatic rings. The molecule has 1 amide bonds. The smallest absolute Gasteiger partial charge is 0.411 e. The zero-order valence-electron chi connectivity index (χ0n) is 10.1. The van der Waals surface area contributed by atoms with Crippen LogP contribution in [0.5, 0.6) is 0 Å². The average Bonchev–Trinajstić information content (AvgIpc) is 1.91. The summed E-state index contributed by atoms with van der Waals surface area (Å²) >= 11 is 0. The Morgan fingerprint density at radius 3 is 2.11 bits per heavy atom. The molecule has 0 aromatic heterocycles. The average molecular weight is 269 g/mol. The zero-order chi connectivity index (χ0) is 14.3. The summed E-state index contributed by atoms with van der Waals surface area (Å²) in [6.45, 7) is 4.47. The Bertz CT molecular complexity index is 361. The minimum absolute atomic E-state index is 0.230. The highest BCUT2D eigenvalue weighted by atomic mass is 19.4. The van der Waals surface area contributed by atoms with E-state index in [0.29, 0.717) is 0 Å². The molecule has 0 spiro atoms. The zero-order valence-corrected chi connectivity index (χ0v) is 10.1. The molecule has 0 bridgehead atoms. The highest BCUT2D eigenvalue weighted by Gasteiger charge is 2.59.